The number of nitro benzene ring substituents is 1. The summed E-state index contributed by atoms with van der Waals surface area (Å²) in [5.41, 5.74) is -0.219. The molecule has 2 aromatic rings. The summed E-state index contributed by atoms with van der Waals surface area (Å²) < 4.78 is 38.3. The fourth-order valence-electron chi connectivity index (χ4n) is 3.07. The Morgan fingerprint density at radius 3 is 2.48 bits per heavy atom. The second kappa shape index (κ2) is 9.38. The summed E-state index contributed by atoms with van der Waals surface area (Å²) in [6, 6.07) is 9.38. The Hall–Kier alpha value is -3.08. The van der Waals surface area contributed by atoms with E-state index < -0.39 is 28.3 Å². The number of nitro groups is 1. The lowest BCUT2D eigenvalue weighted by Crippen LogP contribution is -2.25. The number of rotatable bonds is 7. The van der Waals surface area contributed by atoms with Crippen molar-refractivity contribution in [1.82, 2.24) is 5.32 Å². The fraction of sp³-hybridized carbons (Fsp3) is 0.300. The molecule has 0 aliphatic carbocycles. The van der Waals surface area contributed by atoms with E-state index in [4.69, 9.17) is 0 Å². The molecule has 0 radical (unpaired) electrons. The highest BCUT2D eigenvalue weighted by Gasteiger charge is 2.33. The first-order valence-corrected chi connectivity index (χ1v) is 10.3. The molecule has 7 nitrogen and oxygen atoms in total. The highest BCUT2D eigenvalue weighted by molar-refractivity contribution is 8.00. The molecule has 0 spiro atoms. The molecule has 0 bridgehead atoms. The number of thioether (sulfide) groups is 1. The molecule has 0 aromatic heterocycles. The van der Waals surface area contributed by atoms with Crippen LogP contribution in [0.15, 0.2) is 47.4 Å². The zero-order valence-electron chi connectivity index (χ0n) is 16.1. The predicted molar refractivity (Wildman–Crippen MR) is 109 cm³/mol. The summed E-state index contributed by atoms with van der Waals surface area (Å²) in [6.45, 7) is 0.894. The maximum atomic E-state index is 12.8. The summed E-state index contributed by atoms with van der Waals surface area (Å²) in [5, 5.41) is 13.8. The van der Waals surface area contributed by atoms with Gasteiger partial charge in [0.25, 0.3) is 5.69 Å². The molecule has 0 saturated carbocycles. The lowest BCUT2D eigenvalue weighted by Gasteiger charge is -2.16. The topological polar surface area (TPSA) is 92.5 Å². The van der Waals surface area contributed by atoms with Crippen LogP contribution in [0.2, 0.25) is 0 Å². The quantitative estimate of drug-likeness (QED) is 0.386. The summed E-state index contributed by atoms with van der Waals surface area (Å²) >= 11 is 0.792. The van der Waals surface area contributed by atoms with E-state index in [0.29, 0.717) is 19.0 Å². The Balaban J connectivity index is 1.54. The first-order valence-electron chi connectivity index (χ1n) is 9.29. The first kappa shape index (κ1) is 22.6. The monoisotopic (exact) mass is 453 g/mol. The van der Waals surface area contributed by atoms with Crippen molar-refractivity contribution in [2.75, 3.05) is 17.2 Å². The maximum absolute atomic E-state index is 12.8. The number of hydrogen-bond donors (Lipinski definition) is 1. The van der Waals surface area contributed by atoms with E-state index in [2.05, 4.69) is 5.32 Å². The minimum absolute atomic E-state index is 0.0206. The van der Waals surface area contributed by atoms with Gasteiger partial charge < -0.3 is 10.2 Å². The molecule has 1 aliphatic heterocycles. The van der Waals surface area contributed by atoms with Crippen LogP contribution >= 0.6 is 11.8 Å². The number of anilines is 1. The van der Waals surface area contributed by atoms with E-state index in [1.807, 2.05) is 0 Å². The average molecular weight is 453 g/mol. The number of nitrogens with one attached hydrogen (secondary N) is 1. The third-order valence-corrected chi connectivity index (χ3v) is 5.72. The van der Waals surface area contributed by atoms with Crippen molar-refractivity contribution in [3.63, 3.8) is 0 Å². The maximum Gasteiger partial charge on any atom is 0.416 e. The van der Waals surface area contributed by atoms with Gasteiger partial charge in [0.15, 0.2) is 0 Å². The molecule has 1 N–H and O–H groups in total. The van der Waals surface area contributed by atoms with Crippen LogP contribution in [0, 0.1) is 10.1 Å². The van der Waals surface area contributed by atoms with E-state index in [-0.39, 0.29) is 23.1 Å². The molecule has 1 aliphatic rings. The van der Waals surface area contributed by atoms with Crippen molar-refractivity contribution < 1.29 is 27.7 Å². The molecule has 3 rings (SSSR count). The van der Waals surface area contributed by atoms with Crippen molar-refractivity contribution in [3.8, 4) is 0 Å². The molecular formula is C20H18F3N3O4S. The number of alkyl halides is 3. The van der Waals surface area contributed by atoms with E-state index in [1.54, 1.807) is 29.2 Å². The van der Waals surface area contributed by atoms with Gasteiger partial charge in [-0.15, -0.1) is 11.8 Å². The van der Waals surface area contributed by atoms with Crippen molar-refractivity contribution in [3.05, 3.63) is 63.7 Å². The minimum atomic E-state index is -4.69. The lowest BCUT2D eigenvalue weighted by atomic mass is 10.2. The van der Waals surface area contributed by atoms with E-state index in [9.17, 15) is 32.9 Å². The summed E-state index contributed by atoms with van der Waals surface area (Å²) in [6.07, 6.45) is -3.33. The third-order valence-electron chi connectivity index (χ3n) is 4.65. The van der Waals surface area contributed by atoms with Crippen molar-refractivity contribution in [2.45, 2.75) is 30.5 Å². The van der Waals surface area contributed by atoms with Gasteiger partial charge in [0, 0.05) is 31.3 Å². The highest BCUT2D eigenvalue weighted by atomic mass is 32.2. The van der Waals surface area contributed by atoms with Gasteiger partial charge in [0.05, 0.1) is 21.1 Å². The molecular weight excluding hydrogens is 435 g/mol. The molecule has 1 saturated heterocycles. The zero-order chi connectivity index (χ0) is 22.6. The molecule has 11 heteroatoms. The lowest BCUT2D eigenvalue weighted by molar-refractivity contribution is -0.388. The SMILES string of the molecule is O=C(CSc1ccc(C(F)(F)F)cc1[N+](=O)[O-])NCc1ccc(N2CCCC2=O)cc1. The van der Waals surface area contributed by atoms with Crippen LogP contribution in [-0.4, -0.2) is 29.0 Å². The van der Waals surface area contributed by atoms with E-state index in [1.165, 1.54) is 0 Å². The Morgan fingerprint density at radius 1 is 1.19 bits per heavy atom. The van der Waals surface area contributed by atoms with Crippen LogP contribution < -0.4 is 10.2 Å². The average Bonchev–Trinajstić information content (AvgIpc) is 3.16. The van der Waals surface area contributed by atoms with Crippen LogP contribution in [0.1, 0.15) is 24.0 Å². The number of amides is 2. The second-order valence-electron chi connectivity index (χ2n) is 6.82. The van der Waals surface area contributed by atoms with Gasteiger partial charge in [0.1, 0.15) is 0 Å². The van der Waals surface area contributed by atoms with Crippen molar-refractivity contribution in [1.29, 1.82) is 0 Å². The number of halogens is 3. The van der Waals surface area contributed by atoms with E-state index >= 15 is 0 Å². The Bertz CT molecular complexity index is 996. The van der Waals surface area contributed by atoms with Gasteiger partial charge in [-0.05, 0) is 36.2 Å². The third kappa shape index (κ3) is 5.75. The molecule has 1 fully saturated rings. The van der Waals surface area contributed by atoms with E-state index in [0.717, 1.165) is 41.6 Å². The first-order chi connectivity index (χ1) is 14.6. The fourth-order valence-corrected chi connectivity index (χ4v) is 3.90. The van der Waals surface area contributed by atoms with Crippen LogP contribution in [0.3, 0.4) is 0 Å². The normalized spacial score (nSPS) is 14.0. The Morgan fingerprint density at radius 2 is 1.90 bits per heavy atom. The summed E-state index contributed by atoms with van der Waals surface area (Å²) in [5.74, 6) is -0.527. The molecule has 0 unspecified atom stereocenters. The summed E-state index contributed by atoms with van der Waals surface area (Å²) in [7, 11) is 0. The van der Waals surface area contributed by atoms with Crippen molar-refractivity contribution in [2.24, 2.45) is 0 Å². The molecule has 2 aromatic carbocycles. The minimum Gasteiger partial charge on any atom is -0.351 e. The number of hydrogen-bond acceptors (Lipinski definition) is 5. The molecule has 164 valence electrons. The van der Waals surface area contributed by atoms with Gasteiger partial charge in [-0.1, -0.05) is 12.1 Å². The Kier molecular flexibility index (Phi) is 6.84. The Labute approximate surface area is 179 Å². The zero-order valence-corrected chi connectivity index (χ0v) is 17.0. The van der Waals surface area contributed by atoms with Crippen LogP contribution in [0.4, 0.5) is 24.5 Å². The number of benzene rings is 2. The van der Waals surface area contributed by atoms with Gasteiger partial charge in [-0.2, -0.15) is 13.2 Å². The molecule has 1 heterocycles. The largest absolute Gasteiger partial charge is 0.416 e. The van der Waals surface area contributed by atoms with Gasteiger partial charge in [0.2, 0.25) is 11.8 Å². The van der Waals surface area contributed by atoms with Crippen LogP contribution in [-0.2, 0) is 22.3 Å². The van der Waals surface area contributed by atoms with Crippen LogP contribution in [0.5, 0.6) is 0 Å². The second-order valence-corrected chi connectivity index (χ2v) is 7.84. The molecule has 2 amide bonds. The predicted octanol–water partition coefficient (Wildman–Crippen LogP) is 4.15. The van der Waals surface area contributed by atoms with Gasteiger partial charge >= 0.3 is 6.18 Å². The van der Waals surface area contributed by atoms with Gasteiger partial charge in [-0.25, -0.2) is 0 Å². The summed E-state index contributed by atoms with van der Waals surface area (Å²) in [4.78, 5) is 35.7. The number of carbonyl (C=O) groups excluding carboxylic acids is 2. The van der Waals surface area contributed by atoms with Gasteiger partial charge in [-0.3, -0.25) is 19.7 Å². The standard InChI is InChI=1S/C20H18F3N3O4S/c21-20(22,23)14-5-8-17(16(10-14)26(29)30)31-12-18(27)24-11-13-3-6-15(7-4-13)25-9-1-2-19(25)28/h3-8,10H,1-2,9,11-12H2,(H,24,27). The number of nitrogens with zero attached hydrogens (tertiary/aromatic N) is 2. The van der Waals surface area contributed by atoms with Crippen LogP contribution in [0.25, 0.3) is 0 Å². The number of carbonyl (C=O) groups is 2. The molecule has 31 heavy (non-hydrogen) atoms. The molecule has 0 atom stereocenters. The highest BCUT2D eigenvalue weighted by Crippen LogP contribution is 2.36. The smallest absolute Gasteiger partial charge is 0.351 e. The van der Waals surface area contributed by atoms with Crippen molar-refractivity contribution >= 4 is 35.0 Å².